The van der Waals surface area contributed by atoms with Gasteiger partial charge in [0.1, 0.15) is 5.75 Å². The lowest BCUT2D eigenvalue weighted by molar-refractivity contribution is 0.406. The summed E-state index contributed by atoms with van der Waals surface area (Å²) < 4.78 is 5.86. The molecule has 0 aliphatic carbocycles. The highest BCUT2D eigenvalue weighted by atomic mass is 16.5. The topological polar surface area (TPSA) is 29.5 Å². The molecule has 0 radical (unpaired) electrons. The molecule has 1 N–H and O–H groups in total. The second kappa shape index (κ2) is 6.28. The second-order valence-electron chi connectivity index (χ2n) is 4.80. The molecule has 2 nitrogen and oxygen atoms in total. The molecule has 0 spiro atoms. The van der Waals surface area contributed by atoms with Crippen molar-refractivity contribution >= 4 is 0 Å². The van der Waals surface area contributed by atoms with E-state index in [4.69, 9.17) is 4.74 Å². The molecule has 100 valence electrons. The minimum Gasteiger partial charge on any atom is -0.504 e. The van der Waals surface area contributed by atoms with Crippen LogP contribution in [-0.4, -0.2) is 5.11 Å². The van der Waals surface area contributed by atoms with Gasteiger partial charge >= 0.3 is 0 Å². The average Bonchev–Trinajstić information content (AvgIpc) is 2.42. The summed E-state index contributed by atoms with van der Waals surface area (Å²) in [6.07, 6.45) is 2.27. The third-order valence-corrected chi connectivity index (χ3v) is 3.26. The van der Waals surface area contributed by atoms with E-state index in [0.29, 0.717) is 11.7 Å². The van der Waals surface area contributed by atoms with E-state index in [1.54, 1.807) is 18.2 Å². The van der Waals surface area contributed by atoms with Crippen LogP contribution in [0.3, 0.4) is 0 Å². The van der Waals surface area contributed by atoms with Crippen LogP contribution in [0.2, 0.25) is 0 Å². The van der Waals surface area contributed by atoms with Gasteiger partial charge in [0.2, 0.25) is 0 Å². The summed E-state index contributed by atoms with van der Waals surface area (Å²) in [5.41, 5.74) is 1.19. The largest absolute Gasteiger partial charge is 0.504 e. The van der Waals surface area contributed by atoms with E-state index < -0.39 is 0 Å². The number of ether oxygens (including phenoxy) is 1. The number of rotatable bonds is 5. The zero-order chi connectivity index (χ0) is 13.7. The van der Waals surface area contributed by atoms with Gasteiger partial charge in [0, 0.05) is 0 Å². The molecule has 19 heavy (non-hydrogen) atoms. The highest BCUT2D eigenvalue weighted by Gasteiger charge is 2.12. The maximum Gasteiger partial charge on any atom is 0.169 e. The van der Waals surface area contributed by atoms with Crippen molar-refractivity contribution in [2.75, 3.05) is 0 Å². The minimum atomic E-state index is 0.167. The van der Waals surface area contributed by atoms with Crippen molar-refractivity contribution in [2.45, 2.75) is 32.6 Å². The van der Waals surface area contributed by atoms with Crippen LogP contribution in [0.1, 0.15) is 38.2 Å². The second-order valence-corrected chi connectivity index (χ2v) is 4.80. The number of para-hydroxylation sites is 3. The van der Waals surface area contributed by atoms with Gasteiger partial charge in [-0.2, -0.15) is 0 Å². The Morgan fingerprint density at radius 3 is 2.32 bits per heavy atom. The number of hydrogen-bond donors (Lipinski definition) is 1. The SMILES string of the molecule is CCCC(C)c1ccccc1Oc1ccccc1O. The molecule has 0 fully saturated rings. The summed E-state index contributed by atoms with van der Waals surface area (Å²) in [6.45, 7) is 4.39. The van der Waals surface area contributed by atoms with Gasteiger partial charge in [0.05, 0.1) is 0 Å². The predicted octanol–water partition coefficient (Wildman–Crippen LogP) is 5.09. The maximum absolute atomic E-state index is 9.78. The molecule has 0 bridgehead atoms. The highest BCUT2D eigenvalue weighted by Crippen LogP contribution is 2.35. The molecule has 2 heteroatoms. The van der Waals surface area contributed by atoms with Crippen molar-refractivity contribution in [3.63, 3.8) is 0 Å². The van der Waals surface area contributed by atoms with Crippen molar-refractivity contribution in [1.29, 1.82) is 0 Å². The van der Waals surface area contributed by atoms with Crippen LogP contribution < -0.4 is 4.74 Å². The van der Waals surface area contributed by atoms with Gasteiger partial charge in [-0.3, -0.25) is 0 Å². The van der Waals surface area contributed by atoms with E-state index in [1.165, 1.54) is 5.56 Å². The highest BCUT2D eigenvalue weighted by molar-refractivity contribution is 5.44. The van der Waals surface area contributed by atoms with Gasteiger partial charge in [-0.25, -0.2) is 0 Å². The van der Waals surface area contributed by atoms with Gasteiger partial charge in [-0.1, -0.05) is 50.6 Å². The predicted molar refractivity (Wildman–Crippen MR) is 77.9 cm³/mol. The molecule has 1 atom stereocenters. The van der Waals surface area contributed by atoms with E-state index in [0.717, 1.165) is 18.6 Å². The standard InChI is InChI=1S/C17H20O2/c1-3-8-13(2)14-9-4-6-11-16(14)19-17-12-7-5-10-15(17)18/h4-7,9-13,18H,3,8H2,1-2H3. The van der Waals surface area contributed by atoms with Crippen molar-refractivity contribution in [3.8, 4) is 17.2 Å². The van der Waals surface area contributed by atoms with Gasteiger partial charge in [-0.15, -0.1) is 0 Å². The fourth-order valence-corrected chi connectivity index (χ4v) is 2.23. The summed E-state index contributed by atoms with van der Waals surface area (Å²) in [7, 11) is 0. The third-order valence-electron chi connectivity index (χ3n) is 3.26. The first-order valence-corrected chi connectivity index (χ1v) is 6.77. The number of phenols is 1. The molecule has 2 aromatic carbocycles. The molecule has 2 aromatic rings. The first-order valence-electron chi connectivity index (χ1n) is 6.77. The molecule has 0 aromatic heterocycles. The van der Waals surface area contributed by atoms with Crippen molar-refractivity contribution in [2.24, 2.45) is 0 Å². The van der Waals surface area contributed by atoms with Gasteiger partial charge in [-0.05, 0) is 36.1 Å². The zero-order valence-corrected chi connectivity index (χ0v) is 11.5. The van der Waals surface area contributed by atoms with Crippen LogP contribution in [0.5, 0.6) is 17.2 Å². The van der Waals surface area contributed by atoms with Crippen molar-refractivity contribution < 1.29 is 9.84 Å². The quantitative estimate of drug-likeness (QED) is 0.807. The van der Waals surface area contributed by atoms with Crippen LogP contribution in [0.4, 0.5) is 0 Å². The maximum atomic E-state index is 9.78. The summed E-state index contributed by atoms with van der Waals surface area (Å²) >= 11 is 0. The van der Waals surface area contributed by atoms with E-state index in [9.17, 15) is 5.11 Å². The summed E-state index contributed by atoms with van der Waals surface area (Å²) in [5.74, 6) is 1.94. The van der Waals surface area contributed by atoms with E-state index >= 15 is 0 Å². The Kier molecular flexibility index (Phi) is 4.45. The Morgan fingerprint density at radius 2 is 1.63 bits per heavy atom. The van der Waals surface area contributed by atoms with Gasteiger partial charge < -0.3 is 9.84 Å². The Labute approximate surface area is 114 Å². The van der Waals surface area contributed by atoms with E-state index in [2.05, 4.69) is 19.9 Å². The van der Waals surface area contributed by atoms with Gasteiger partial charge in [0.15, 0.2) is 11.5 Å². The molecule has 0 aliphatic heterocycles. The van der Waals surface area contributed by atoms with Crippen LogP contribution in [0, 0.1) is 0 Å². The molecule has 0 heterocycles. The summed E-state index contributed by atoms with van der Waals surface area (Å²) in [5, 5.41) is 9.78. The smallest absolute Gasteiger partial charge is 0.169 e. The first kappa shape index (κ1) is 13.5. The Hall–Kier alpha value is -1.96. The molecule has 1 unspecified atom stereocenters. The normalized spacial score (nSPS) is 12.1. The summed E-state index contributed by atoms with van der Waals surface area (Å²) in [6, 6.07) is 15.1. The summed E-state index contributed by atoms with van der Waals surface area (Å²) in [4.78, 5) is 0. The third kappa shape index (κ3) is 3.28. The van der Waals surface area contributed by atoms with Gasteiger partial charge in [0.25, 0.3) is 0 Å². The van der Waals surface area contributed by atoms with Crippen LogP contribution in [0.15, 0.2) is 48.5 Å². The fourth-order valence-electron chi connectivity index (χ4n) is 2.23. The lowest BCUT2D eigenvalue weighted by Gasteiger charge is -2.16. The molecule has 0 aliphatic rings. The number of hydrogen-bond acceptors (Lipinski definition) is 2. The van der Waals surface area contributed by atoms with Crippen LogP contribution in [0.25, 0.3) is 0 Å². The van der Waals surface area contributed by atoms with E-state index in [1.807, 2.05) is 24.3 Å². The van der Waals surface area contributed by atoms with Crippen LogP contribution in [-0.2, 0) is 0 Å². The molecule has 0 amide bonds. The molecule has 2 rings (SSSR count). The van der Waals surface area contributed by atoms with Crippen LogP contribution >= 0.6 is 0 Å². The Bertz CT molecular complexity index is 534. The molecule has 0 saturated carbocycles. The number of aromatic hydroxyl groups is 1. The monoisotopic (exact) mass is 256 g/mol. The lowest BCUT2D eigenvalue weighted by atomic mass is 9.96. The number of benzene rings is 2. The minimum absolute atomic E-state index is 0.167. The Balaban J connectivity index is 2.28. The average molecular weight is 256 g/mol. The van der Waals surface area contributed by atoms with Crippen molar-refractivity contribution in [1.82, 2.24) is 0 Å². The molecular formula is C17H20O2. The molecular weight excluding hydrogens is 236 g/mol. The lowest BCUT2D eigenvalue weighted by Crippen LogP contribution is -1.97. The Morgan fingerprint density at radius 1 is 1.00 bits per heavy atom. The first-order chi connectivity index (χ1) is 9.22. The zero-order valence-electron chi connectivity index (χ0n) is 11.5. The van der Waals surface area contributed by atoms with E-state index in [-0.39, 0.29) is 5.75 Å². The fraction of sp³-hybridized carbons (Fsp3) is 0.294. The number of phenolic OH excluding ortho intramolecular Hbond substituents is 1. The molecule has 0 saturated heterocycles. The van der Waals surface area contributed by atoms with Crippen molar-refractivity contribution in [3.05, 3.63) is 54.1 Å².